The molecule has 5 heteroatoms. The lowest BCUT2D eigenvalue weighted by Gasteiger charge is -2.36. The van der Waals surface area contributed by atoms with Crippen LogP contribution in [0.2, 0.25) is 0 Å². The third-order valence-corrected chi connectivity index (χ3v) is 5.22. The van der Waals surface area contributed by atoms with E-state index < -0.39 is 0 Å². The summed E-state index contributed by atoms with van der Waals surface area (Å²) in [6, 6.07) is 18.8. The Kier molecular flexibility index (Phi) is 4.92. The van der Waals surface area contributed by atoms with Gasteiger partial charge in [-0.25, -0.2) is 4.98 Å². The van der Waals surface area contributed by atoms with E-state index in [-0.39, 0.29) is 0 Å². The minimum absolute atomic E-state index is 0.645. The molecular formula is C22H25N5. The van der Waals surface area contributed by atoms with E-state index >= 15 is 0 Å². The monoisotopic (exact) mass is 359 g/mol. The first kappa shape index (κ1) is 17.3. The number of nitrogens with zero attached hydrogens (tertiary/aromatic N) is 4. The highest BCUT2D eigenvalue weighted by atomic mass is 15.3. The molecule has 4 rings (SSSR count). The van der Waals surface area contributed by atoms with E-state index in [0.29, 0.717) is 5.95 Å². The summed E-state index contributed by atoms with van der Waals surface area (Å²) in [5.41, 5.74) is 4.83. The average molecular weight is 359 g/mol. The van der Waals surface area contributed by atoms with Crippen LogP contribution in [0.25, 0.3) is 0 Å². The molecule has 1 aromatic heterocycles. The Labute approximate surface area is 160 Å². The Bertz CT molecular complexity index is 902. The van der Waals surface area contributed by atoms with Crippen molar-refractivity contribution in [3.8, 4) is 0 Å². The largest absolute Gasteiger partial charge is 0.368 e. The molecule has 27 heavy (non-hydrogen) atoms. The van der Waals surface area contributed by atoms with Crippen LogP contribution in [0.1, 0.15) is 11.1 Å². The van der Waals surface area contributed by atoms with Crippen LogP contribution in [0.15, 0.2) is 60.8 Å². The van der Waals surface area contributed by atoms with E-state index in [9.17, 15) is 0 Å². The summed E-state index contributed by atoms with van der Waals surface area (Å²) < 4.78 is 0. The Balaban J connectivity index is 1.45. The Morgan fingerprint density at radius 1 is 0.815 bits per heavy atom. The second-order valence-corrected chi connectivity index (χ2v) is 6.92. The fraction of sp³-hybridized carbons (Fsp3) is 0.273. The molecule has 1 aliphatic rings. The van der Waals surface area contributed by atoms with Crippen LogP contribution in [0.3, 0.4) is 0 Å². The van der Waals surface area contributed by atoms with Crippen LogP contribution < -0.4 is 15.1 Å². The zero-order valence-corrected chi connectivity index (χ0v) is 15.9. The summed E-state index contributed by atoms with van der Waals surface area (Å²) in [5, 5.41) is 3.37. The van der Waals surface area contributed by atoms with Gasteiger partial charge in [0, 0.05) is 43.8 Å². The molecule has 1 fully saturated rings. The molecular weight excluding hydrogens is 334 g/mol. The van der Waals surface area contributed by atoms with E-state index in [4.69, 9.17) is 4.98 Å². The van der Waals surface area contributed by atoms with Gasteiger partial charge < -0.3 is 15.1 Å². The van der Waals surface area contributed by atoms with E-state index in [1.807, 2.05) is 12.3 Å². The van der Waals surface area contributed by atoms with Gasteiger partial charge in [0.05, 0.1) is 0 Å². The maximum Gasteiger partial charge on any atom is 0.229 e. The fourth-order valence-corrected chi connectivity index (χ4v) is 3.43. The molecule has 0 spiro atoms. The predicted octanol–water partition coefficient (Wildman–Crippen LogP) is 4.16. The average Bonchev–Trinajstić information content (AvgIpc) is 2.72. The number of hydrogen-bond acceptors (Lipinski definition) is 5. The van der Waals surface area contributed by atoms with Crippen LogP contribution in [-0.2, 0) is 0 Å². The van der Waals surface area contributed by atoms with Crippen LogP contribution >= 0.6 is 0 Å². The first-order valence-electron chi connectivity index (χ1n) is 9.42. The molecule has 1 saturated heterocycles. The van der Waals surface area contributed by atoms with Crippen LogP contribution in [0.5, 0.6) is 0 Å². The van der Waals surface area contributed by atoms with Gasteiger partial charge in [0.1, 0.15) is 5.82 Å². The summed E-state index contributed by atoms with van der Waals surface area (Å²) in [6.45, 7) is 8.12. The van der Waals surface area contributed by atoms with Gasteiger partial charge in [-0.05, 0) is 49.2 Å². The van der Waals surface area contributed by atoms with E-state index in [1.165, 1.54) is 16.8 Å². The maximum atomic E-state index is 4.75. The summed E-state index contributed by atoms with van der Waals surface area (Å²) in [6.07, 6.45) is 1.83. The van der Waals surface area contributed by atoms with Gasteiger partial charge in [0.25, 0.3) is 0 Å². The molecule has 0 saturated carbocycles. The minimum atomic E-state index is 0.645. The highest BCUT2D eigenvalue weighted by molar-refractivity contribution is 5.61. The second-order valence-electron chi connectivity index (χ2n) is 6.92. The molecule has 2 heterocycles. The van der Waals surface area contributed by atoms with Crippen molar-refractivity contribution in [1.29, 1.82) is 0 Å². The summed E-state index contributed by atoms with van der Waals surface area (Å²) >= 11 is 0. The molecule has 0 aliphatic carbocycles. The molecule has 3 aromatic rings. The van der Waals surface area contributed by atoms with E-state index in [0.717, 1.165) is 37.7 Å². The van der Waals surface area contributed by atoms with Crippen LogP contribution in [0.4, 0.5) is 23.1 Å². The third-order valence-electron chi connectivity index (χ3n) is 5.22. The lowest BCUT2D eigenvalue weighted by molar-refractivity contribution is 0.647. The maximum absolute atomic E-state index is 4.75. The van der Waals surface area contributed by atoms with Crippen molar-refractivity contribution < 1.29 is 0 Å². The van der Waals surface area contributed by atoms with Crippen molar-refractivity contribution in [2.24, 2.45) is 0 Å². The van der Waals surface area contributed by atoms with Gasteiger partial charge in [-0.15, -0.1) is 0 Å². The predicted molar refractivity (Wildman–Crippen MR) is 112 cm³/mol. The summed E-state index contributed by atoms with van der Waals surface area (Å²) in [4.78, 5) is 13.9. The first-order chi connectivity index (χ1) is 13.2. The summed E-state index contributed by atoms with van der Waals surface area (Å²) in [7, 11) is 0. The molecule has 0 amide bonds. The highest BCUT2D eigenvalue weighted by Gasteiger charge is 2.18. The second kappa shape index (κ2) is 7.66. The van der Waals surface area contributed by atoms with Gasteiger partial charge >= 0.3 is 0 Å². The van der Waals surface area contributed by atoms with E-state index in [2.05, 4.69) is 82.5 Å². The standard InChI is InChI=1S/C22H25N5/c1-17-7-6-10-20(18(17)2)24-22-23-12-11-21(25-22)27-15-13-26(14-16-27)19-8-4-3-5-9-19/h3-12H,13-16H2,1-2H3,(H,23,24,25). The van der Waals surface area contributed by atoms with Gasteiger partial charge in [-0.1, -0.05) is 30.3 Å². The lowest BCUT2D eigenvalue weighted by Crippen LogP contribution is -2.46. The SMILES string of the molecule is Cc1cccc(Nc2nccc(N3CCN(c4ccccc4)CC3)n2)c1C. The quantitative estimate of drug-likeness (QED) is 0.758. The van der Waals surface area contributed by atoms with E-state index in [1.54, 1.807) is 0 Å². The normalized spacial score (nSPS) is 14.3. The number of anilines is 4. The van der Waals surface area contributed by atoms with Crippen LogP contribution in [0, 0.1) is 13.8 Å². The Morgan fingerprint density at radius 3 is 2.33 bits per heavy atom. The zero-order chi connectivity index (χ0) is 18.6. The van der Waals surface area contributed by atoms with Gasteiger partial charge in [-0.2, -0.15) is 4.98 Å². The summed E-state index contributed by atoms with van der Waals surface area (Å²) in [5.74, 6) is 1.62. The molecule has 2 aromatic carbocycles. The molecule has 0 bridgehead atoms. The Morgan fingerprint density at radius 2 is 1.56 bits per heavy atom. The molecule has 1 N–H and O–H groups in total. The minimum Gasteiger partial charge on any atom is -0.368 e. The number of nitrogens with one attached hydrogen (secondary N) is 1. The third kappa shape index (κ3) is 3.87. The van der Waals surface area contributed by atoms with Crippen molar-refractivity contribution in [1.82, 2.24) is 9.97 Å². The number of aromatic nitrogens is 2. The van der Waals surface area contributed by atoms with Gasteiger partial charge in [-0.3, -0.25) is 0 Å². The van der Waals surface area contributed by atoms with Crippen LogP contribution in [-0.4, -0.2) is 36.1 Å². The Hall–Kier alpha value is -3.08. The number of para-hydroxylation sites is 1. The molecule has 0 atom stereocenters. The molecule has 5 nitrogen and oxygen atoms in total. The number of hydrogen-bond donors (Lipinski definition) is 1. The number of benzene rings is 2. The topological polar surface area (TPSA) is 44.3 Å². The molecule has 0 unspecified atom stereocenters. The number of aryl methyl sites for hydroxylation is 1. The lowest BCUT2D eigenvalue weighted by atomic mass is 10.1. The van der Waals surface area contributed by atoms with Crippen molar-refractivity contribution in [3.05, 3.63) is 71.9 Å². The van der Waals surface area contributed by atoms with Crippen molar-refractivity contribution in [2.45, 2.75) is 13.8 Å². The number of rotatable bonds is 4. The highest BCUT2D eigenvalue weighted by Crippen LogP contribution is 2.23. The number of piperazine rings is 1. The smallest absolute Gasteiger partial charge is 0.229 e. The molecule has 0 radical (unpaired) electrons. The first-order valence-corrected chi connectivity index (χ1v) is 9.42. The zero-order valence-electron chi connectivity index (χ0n) is 15.9. The van der Waals surface area contributed by atoms with Crippen molar-refractivity contribution in [2.75, 3.05) is 41.3 Å². The van der Waals surface area contributed by atoms with Gasteiger partial charge in [0.2, 0.25) is 5.95 Å². The fourth-order valence-electron chi connectivity index (χ4n) is 3.43. The molecule has 1 aliphatic heterocycles. The van der Waals surface area contributed by atoms with Gasteiger partial charge in [0.15, 0.2) is 0 Å². The van der Waals surface area contributed by atoms with Crippen molar-refractivity contribution in [3.63, 3.8) is 0 Å². The van der Waals surface area contributed by atoms with Crippen molar-refractivity contribution >= 4 is 23.1 Å². The molecule has 138 valence electrons.